The van der Waals surface area contributed by atoms with Crippen LogP contribution in [0.2, 0.25) is 0 Å². The fourth-order valence-corrected chi connectivity index (χ4v) is 3.78. The number of aliphatic hydroxyl groups excluding tert-OH is 1. The van der Waals surface area contributed by atoms with E-state index in [0.29, 0.717) is 12.0 Å². The maximum atomic E-state index is 9.68. The van der Waals surface area contributed by atoms with Gasteiger partial charge in [0.15, 0.2) is 0 Å². The number of rotatable bonds is 3. The molecular formula is C11H21NOS. The standard InChI is InChI=1S/C11H21NOS/c1-8-10(5-6-14-8)12-7-9-3-2-4-11(9)13/h8-13H,2-7H2,1H3. The molecule has 1 aliphatic heterocycles. The molecule has 82 valence electrons. The minimum absolute atomic E-state index is 0.0353. The zero-order chi connectivity index (χ0) is 9.97. The van der Waals surface area contributed by atoms with Crippen molar-refractivity contribution in [1.82, 2.24) is 5.32 Å². The van der Waals surface area contributed by atoms with Gasteiger partial charge in [0.05, 0.1) is 6.10 Å². The highest BCUT2D eigenvalue weighted by Gasteiger charge is 2.28. The molecule has 14 heavy (non-hydrogen) atoms. The highest BCUT2D eigenvalue weighted by molar-refractivity contribution is 8.00. The molecule has 2 aliphatic rings. The lowest BCUT2D eigenvalue weighted by atomic mass is 10.0. The van der Waals surface area contributed by atoms with Crippen LogP contribution in [-0.4, -0.2) is 34.8 Å². The average Bonchev–Trinajstić information content (AvgIpc) is 2.72. The van der Waals surface area contributed by atoms with Gasteiger partial charge in [0.2, 0.25) is 0 Å². The maximum absolute atomic E-state index is 9.68. The van der Waals surface area contributed by atoms with E-state index in [1.54, 1.807) is 0 Å². The van der Waals surface area contributed by atoms with Crippen molar-refractivity contribution in [2.75, 3.05) is 12.3 Å². The first-order valence-corrected chi connectivity index (χ1v) is 6.85. The van der Waals surface area contributed by atoms with Crippen molar-refractivity contribution in [3.8, 4) is 0 Å². The van der Waals surface area contributed by atoms with Gasteiger partial charge in [-0.3, -0.25) is 0 Å². The summed E-state index contributed by atoms with van der Waals surface area (Å²) >= 11 is 2.06. The van der Waals surface area contributed by atoms with Crippen molar-refractivity contribution >= 4 is 11.8 Å². The summed E-state index contributed by atoms with van der Waals surface area (Å²) in [6.07, 6.45) is 4.70. The molecule has 1 saturated heterocycles. The van der Waals surface area contributed by atoms with E-state index in [-0.39, 0.29) is 6.10 Å². The van der Waals surface area contributed by atoms with Crippen LogP contribution in [0.4, 0.5) is 0 Å². The molecule has 0 radical (unpaired) electrons. The summed E-state index contributed by atoms with van der Waals surface area (Å²) < 4.78 is 0. The second kappa shape index (κ2) is 4.86. The van der Waals surface area contributed by atoms with Gasteiger partial charge in [-0.2, -0.15) is 11.8 Å². The van der Waals surface area contributed by atoms with Crippen LogP contribution in [0.1, 0.15) is 32.6 Å². The molecular weight excluding hydrogens is 194 g/mol. The molecule has 2 nitrogen and oxygen atoms in total. The van der Waals surface area contributed by atoms with E-state index in [4.69, 9.17) is 0 Å². The molecule has 0 aromatic carbocycles. The van der Waals surface area contributed by atoms with Gasteiger partial charge in [-0.15, -0.1) is 0 Å². The van der Waals surface area contributed by atoms with Crippen molar-refractivity contribution in [1.29, 1.82) is 0 Å². The molecule has 0 spiro atoms. The highest BCUT2D eigenvalue weighted by atomic mass is 32.2. The van der Waals surface area contributed by atoms with Crippen molar-refractivity contribution in [2.24, 2.45) is 5.92 Å². The van der Waals surface area contributed by atoms with Crippen molar-refractivity contribution < 1.29 is 5.11 Å². The Balaban J connectivity index is 1.71. The predicted molar refractivity (Wildman–Crippen MR) is 61.7 cm³/mol. The Bertz CT molecular complexity index is 168. The lowest BCUT2D eigenvalue weighted by Gasteiger charge is -2.21. The molecule has 4 unspecified atom stereocenters. The van der Waals surface area contributed by atoms with Gasteiger partial charge in [-0.25, -0.2) is 0 Å². The van der Waals surface area contributed by atoms with E-state index in [1.807, 2.05) is 0 Å². The first-order chi connectivity index (χ1) is 6.77. The summed E-state index contributed by atoms with van der Waals surface area (Å²) in [7, 11) is 0. The predicted octanol–water partition coefficient (Wildman–Crippen LogP) is 1.63. The summed E-state index contributed by atoms with van der Waals surface area (Å²) in [6.45, 7) is 3.33. The second-order valence-electron chi connectivity index (χ2n) is 4.64. The molecule has 0 aromatic rings. The van der Waals surface area contributed by atoms with Crippen LogP contribution in [0, 0.1) is 5.92 Å². The van der Waals surface area contributed by atoms with Gasteiger partial charge in [0.25, 0.3) is 0 Å². The number of hydrogen-bond donors (Lipinski definition) is 2. The van der Waals surface area contributed by atoms with Gasteiger partial charge >= 0.3 is 0 Å². The summed E-state index contributed by atoms with van der Waals surface area (Å²) in [5, 5.41) is 14.1. The number of hydrogen-bond acceptors (Lipinski definition) is 3. The Kier molecular flexibility index (Phi) is 3.74. The quantitative estimate of drug-likeness (QED) is 0.750. The SMILES string of the molecule is CC1SCCC1NCC1CCCC1O. The van der Waals surface area contributed by atoms with Gasteiger partial charge < -0.3 is 10.4 Å². The number of aliphatic hydroxyl groups is 1. The highest BCUT2D eigenvalue weighted by Crippen LogP contribution is 2.28. The van der Waals surface area contributed by atoms with E-state index >= 15 is 0 Å². The first-order valence-electron chi connectivity index (χ1n) is 5.80. The Labute approximate surface area is 90.8 Å². The number of thioether (sulfide) groups is 1. The van der Waals surface area contributed by atoms with Crippen molar-refractivity contribution in [3.05, 3.63) is 0 Å². The summed E-state index contributed by atoms with van der Waals surface area (Å²) in [6, 6.07) is 0.688. The summed E-state index contributed by atoms with van der Waals surface area (Å²) in [5.74, 6) is 1.82. The molecule has 2 N–H and O–H groups in total. The zero-order valence-electron chi connectivity index (χ0n) is 8.91. The normalized spacial score (nSPS) is 43.3. The van der Waals surface area contributed by atoms with Gasteiger partial charge in [0, 0.05) is 17.8 Å². The Morgan fingerprint density at radius 2 is 2.21 bits per heavy atom. The van der Waals surface area contributed by atoms with Crippen molar-refractivity contribution in [2.45, 2.75) is 50.0 Å². The molecule has 0 amide bonds. The lowest BCUT2D eigenvalue weighted by molar-refractivity contribution is 0.130. The average molecular weight is 215 g/mol. The third-order valence-electron chi connectivity index (χ3n) is 3.64. The van der Waals surface area contributed by atoms with Crippen LogP contribution >= 0.6 is 11.8 Å². The monoisotopic (exact) mass is 215 g/mol. The maximum Gasteiger partial charge on any atom is 0.0580 e. The Morgan fingerprint density at radius 1 is 1.36 bits per heavy atom. The van der Waals surface area contributed by atoms with E-state index in [1.165, 1.54) is 25.0 Å². The molecule has 2 fully saturated rings. The molecule has 4 atom stereocenters. The van der Waals surface area contributed by atoms with Crippen LogP contribution < -0.4 is 5.32 Å². The minimum Gasteiger partial charge on any atom is -0.393 e. The second-order valence-corrected chi connectivity index (χ2v) is 6.12. The largest absolute Gasteiger partial charge is 0.393 e. The first kappa shape index (κ1) is 10.8. The van der Waals surface area contributed by atoms with Gasteiger partial charge in [0.1, 0.15) is 0 Å². The summed E-state index contributed by atoms with van der Waals surface area (Å²) in [4.78, 5) is 0. The van der Waals surface area contributed by atoms with E-state index in [0.717, 1.165) is 18.2 Å². The van der Waals surface area contributed by atoms with Gasteiger partial charge in [-0.1, -0.05) is 13.3 Å². The van der Waals surface area contributed by atoms with Gasteiger partial charge in [-0.05, 0) is 30.9 Å². The fraction of sp³-hybridized carbons (Fsp3) is 1.00. The molecule has 0 bridgehead atoms. The van der Waals surface area contributed by atoms with Crippen LogP contribution in [0.5, 0.6) is 0 Å². The van der Waals surface area contributed by atoms with E-state index in [2.05, 4.69) is 24.0 Å². The molecule has 1 saturated carbocycles. The minimum atomic E-state index is -0.0353. The summed E-state index contributed by atoms with van der Waals surface area (Å²) in [5.41, 5.74) is 0. The van der Waals surface area contributed by atoms with Crippen LogP contribution in [0.25, 0.3) is 0 Å². The lowest BCUT2D eigenvalue weighted by Crippen LogP contribution is -2.38. The zero-order valence-corrected chi connectivity index (χ0v) is 9.72. The molecule has 1 aliphatic carbocycles. The molecule has 2 rings (SSSR count). The molecule has 3 heteroatoms. The number of nitrogens with one attached hydrogen (secondary N) is 1. The molecule has 0 aromatic heterocycles. The topological polar surface area (TPSA) is 32.3 Å². The Hall–Kier alpha value is 0.270. The van der Waals surface area contributed by atoms with Crippen LogP contribution in [0.15, 0.2) is 0 Å². The third-order valence-corrected chi connectivity index (χ3v) is 4.96. The molecule has 1 heterocycles. The van der Waals surface area contributed by atoms with Crippen LogP contribution in [-0.2, 0) is 0 Å². The fourth-order valence-electron chi connectivity index (χ4n) is 2.56. The van der Waals surface area contributed by atoms with E-state index < -0.39 is 0 Å². The van der Waals surface area contributed by atoms with Crippen molar-refractivity contribution in [3.63, 3.8) is 0 Å². The third kappa shape index (κ3) is 2.44. The van der Waals surface area contributed by atoms with E-state index in [9.17, 15) is 5.11 Å². The Morgan fingerprint density at radius 3 is 2.79 bits per heavy atom. The smallest absolute Gasteiger partial charge is 0.0580 e. The van der Waals surface area contributed by atoms with Crippen LogP contribution in [0.3, 0.4) is 0 Å².